The summed E-state index contributed by atoms with van der Waals surface area (Å²) in [4.78, 5) is 10.5. The van der Waals surface area contributed by atoms with Gasteiger partial charge in [0.15, 0.2) is 0 Å². The first-order chi connectivity index (χ1) is 19.1. The van der Waals surface area contributed by atoms with Crippen LogP contribution < -0.4 is 0 Å². The molecule has 2 nitrogen and oxygen atoms in total. The summed E-state index contributed by atoms with van der Waals surface area (Å²) in [6, 6.07) is 43.3. The van der Waals surface area contributed by atoms with Crippen molar-refractivity contribution in [3.05, 3.63) is 132 Å². The summed E-state index contributed by atoms with van der Waals surface area (Å²) in [5.74, 6) is 0. The predicted octanol–water partition coefficient (Wildman–Crippen LogP) is 9.58. The molecule has 0 atom stereocenters. The molecule has 7 aromatic rings. The minimum atomic E-state index is -0.00978. The molecular weight excluding hydrogens is 472 g/mol. The van der Waals surface area contributed by atoms with Gasteiger partial charge < -0.3 is 0 Å². The number of fused-ring (bicyclic) bond motifs is 8. The van der Waals surface area contributed by atoms with Gasteiger partial charge in [0.25, 0.3) is 0 Å². The summed E-state index contributed by atoms with van der Waals surface area (Å²) in [6.07, 6.45) is 0. The zero-order valence-corrected chi connectivity index (χ0v) is 21.9. The molecule has 2 heteroatoms. The second kappa shape index (κ2) is 8.09. The monoisotopic (exact) mass is 498 g/mol. The highest BCUT2D eigenvalue weighted by Gasteiger charge is 2.36. The highest BCUT2D eigenvalue weighted by molar-refractivity contribution is 6.07. The Hall–Kier alpha value is -4.82. The molecule has 0 spiro atoms. The Morgan fingerprint density at radius 2 is 1.26 bits per heavy atom. The molecule has 0 amide bonds. The molecule has 0 aliphatic heterocycles. The standard InChI is InChI=1S/C37H26N2/c1-37(2)30-15-9-8-14-29(30)33-27-19-16-26(22-25(27)17-20-31(33)37)35-34(24-11-4-3-5-12-24)38-32-21-18-23-10-6-7-13-28(23)36(32)39-35/h3-22H,1-2H3. The van der Waals surface area contributed by atoms with Gasteiger partial charge in [0, 0.05) is 21.9 Å². The van der Waals surface area contributed by atoms with Gasteiger partial charge in [-0.05, 0) is 50.5 Å². The van der Waals surface area contributed by atoms with Crippen molar-refractivity contribution >= 4 is 32.6 Å². The number of nitrogens with zero attached hydrogens (tertiary/aromatic N) is 2. The largest absolute Gasteiger partial charge is 0.244 e. The maximum absolute atomic E-state index is 5.33. The molecule has 8 rings (SSSR count). The van der Waals surface area contributed by atoms with Gasteiger partial charge in [0.05, 0.1) is 22.4 Å². The second-order valence-electron chi connectivity index (χ2n) is 11.0. The molecule has 0 saturated carbocycles. The average molecular weight is 499 g/mol. The summed E-state index contributed by atoms with van der Waals surface area (Å²) in [5.41, 5.74) is 11.3. The van der Waals surface area contributed by atoms with Crippen LogP contribution in [0.1, 0.15) is 25.0 Å². The van der Waals surface area contributed by atoms with Crippen molar-refractivity contribution in [1.29, 1.82) is 0 Å². The molecule has 184 valence electrons. The lowest BCUT2D eigenvalue weighted by atomic mass is 9.82. The van der Waals surface area contributed by atoms with Crippen molar-refractivity contribution in [3.8, 4) is 33.6 Å². The molecule has 1 aromatic heterocycles. The zero-order chi connectivity index (χ0) is 26.1. The number of hydrogen-bond donors (Lipinski definition) is 0. The molecule has 1 aliphatic rings. The Morgan fingerprint density at radius 1 is 0.513 bits per heavy atom. The SMILES string of the molecule is CC1(C)c2ccccc2-c2c1ccc1cc(-c3nc4c(ccc5ccccc54)nc3-c3ccccc3)ccc21. The number of aromatic nitrogens is 2. The molecule has 0 radical (unpaired) electrons. The molecule has 0 saturated heterocycles. The number of rotatable bonds is 2. The van der Waals surface area contributed by atoms with E-state index in [2.05, 4.69) is 129 Å². The minimum Gasteiger partial charge on any atom is -0.244 e. The lowest BCUT2D eigenvalue weighted by Gasteiger charge is -2.21. The molecule has 1 aliphatic carbocycles. The Balaban J connectivity index is 1.41. The zero-order valence-electron chi connectivity index (χ0n) is 21.9. The Bertz CT molecular complexity index is 2090. The number of benzene rings is 6. The van der Waals surface area contributed by atoms with E-state index >= 15 is 0 Å². The van der Waals surface area contributed by atoms with Crippen LogP contribution in [0.5, 0.6) is 0 Å². The molecule has 0 unspecified atom stereocenters. The predicted molar refractivity (Wildman–Crippen MR) is 163 cm³/mol. The van der Waals surface area contributed by atoms with Gasteiger partial charge in [-0.15, -0.1) is 0 Å². The van der Waals surface area contributed by atoms with Gasteiger partial charge in [0.2, 0.25) is 0 Å². The molecule has 0 fully saturated rings. The molecule has 0 bridgehead atoms. The van der Waals surface area contributed by atoms with E-state index in [4.69, 9.17) is 9.97 Å². The maximum Gasteiger partial charge on any atom is 0.0973 e. The highest BCUT2D eigenvalue weighted by Crippen LogP contribution is 2.51. The first-order valence-electron chi connectivity index (χ1n) is 13.5. The summed E-state index contributed by atoms with van der Waals surface area (Å²) in [7, 11) is 0. The van der Waals surface area contributed by atoms with Gasteiger partial charge in [-0.2, -0.15) is 0 Å². The van der Waals surface area contributed by atoms with E-state index in [9.17, 15) is 0 Å². The topological polar surface area (TPSA) is 25.8 Å². The summed E-state index contributed by atoms with van der Waals surface area (Å²) >= 11 is 0. The normalized spacial score (nSPS) is 13.6. The molecule has 6 aromatic carbocycles. The fourth-order valence-corrected chi connectivity index (χ4v) is 6.47. The highest BCUT2D eigenvalue weighted by atomic mass is 14.8. The molecule has 39 heavy (non-hydrogen) atoms. The quantitative estimate of drug-likeness (QED) is 0.222. The van der Waals surface area contributed by atoms with Crippen molar-refractivity contribution < 1.29 is 0 Å². The van der Waals surface area contributed by atoms with Gasteiger partial charge >= 0.3 is 0 Å². The van der Waals surface area contributed by atoms with Crippen LogP contribution in [0.2, 0.25) is 0 Å². The van der Waals surface area contributed by atoms with Gasteiger partial charge in [-0.3, -0.25) is 0 Å². The lowest BCUT2D eigenvalue weighted by molar-refractivity contribution is 0.661. The van der Waals surface area contributed by atoms with Gasteiger partial charge in [0.1, 0.15) is 0 Å². The minimum absolute atomic E-state index is 0.00978. The summed E-state index contributed by atoms with van der Waals surface area (Å²) in [5, 5.41) is 4.81. The van der Waals surface area contributed by atoms with Crippen molar-refractivity contribution in [2.75, 3.05) is 0 Å². The van der Waals surface area contributed by atoms with Crippen LogP contribution in [-0.2, 0) is 5.41 Å². The van der Waals surface area contributed by atoms with Gasteiger partial charge in [-0.25, -0.2) is 9.97 Å². The van der Waals surface area contributed by atoms with Crippen LogP contribution in [0.15, 0.2) is 121 Å². The van der Waals surface area contributed by atoms with E-state index in [1.54, 1.807) is 0 Å². The smallest absolute Gasteiger partial charge is 0.0973 e. The van der Waals surface area contributed by atoms with Crippen LogP contribution in [0.3, 0.4) is 0 Å². The van der Waals surface area contributed by atoms with E-state index in [-0.39, 0.29) is 5.41 Å². The van der Waals surface area contributed by atoms with E-state index in [1.807, 2.05) is 6.07 Å². The van der Waals surface area contributed by atoms with E-state index in [0.717, 1.165) is 38.9 Å². The third-order valence-electron chi connectivity index (χ3n) is 8.44. The van der Waals surface area contributed by atoms with E-state index < -0.39 is 0 Å². The fraction of sp³-hybridized carbons (Fsp3) is 0.0811. The first-order valence-corrected chi connectivity index (χ1v) is 13.5. The fourth-order valence-electron chi connectivity index (χ4n) is 6.47. The van der Waals surface area contributed by atoms with Gasteiger partial charge in [-0.1, -0.05) is 123 Å². The van der Waals surface area contributed by atoms with Crippen molar-refractivity contribution in [1.82, 2.24) is 9.97 Å². The molecule has 1 heterocycles. The van der Waals surface area contributed by atoms with Crippen molar-refractivity contribution in [3.63, 3.8) is 0 Å². The lowest BCUT2D eigenvalue weighted by Crippen LogP contribution is -2.14. The third kappa shape index (κ3) is 3.21. The maximum atomic E-state index is 5.33. The van der Waals surface area contributed by atoms with Crippen molar-refractivity contribution in [2.45, 2.75) is 19.3 Å². The Morgan fingerprint density at radius 3 is 2.15 bits per heavy atom. The summed E-state index contributed by atoms with van der Waals surface area (Å²) in [6.45, 7) is 4.66. The second-order valence-corrected chi connectivity index (χ2v) is 11.0. The van der Waals surface area contributed by atoms with E-state index in [0.29, 0.717) is 0 Å². The average Bonchev–Trinajstić information content (AvgIpc) is 3.23. The van der Waals surface area contributed by atoms with Crippen LogP contribution >= 0.6 is 0 Å². The molecule has 0 N–H and O–H groups in total. The number of hydrogen-bond acceptors (Lipinski definition) is 2. The molecular formula is C37H26N2. The van der Waals surface area contributed by atoms with Crippen LogP contribution in [-0.4, -0.2) is 9.97 Å². The van der Waals surface area contributed by atoms with Crippen LogP contribution in [0.25, 0.3) is 66.2 Å². The Kier molecular flexibility index (Phi) is 4.60. The summed E-state index contributed by atoms with van der Waals surface area (Å²) < 4.78 is 0. The van der Waals surface area contributed by atoms with Crippen LogP contribution in [0, 0.1) is 0 Å². The van der Waals surface area contributed by atoms with E-state index in [1.165, 1.54) is 38.4 Å². The third-order valence-corrected chi connectivity index (χ3v) is 8.44. The van der Waals surface area contributed by atoms with Crippen molar-refractivity contribution in [2.24, 2.45) is 0 Å². The first kappa shape index (κ1) is 22.2. The van der Waals surface area contributed by atoms with Crippen LogP contribution in [0.4, 0.5) is 0 Å². The Labute approximate surface area is 227 Å².